The Balaban J connectivity index is 1.34. The van der Waals surface area contributed by atoms with Crippen molar-refractivity contribution in [3.63, 3.8) is 0 Å². The van der Waals surface area contributed by atoms with Crippen LogP contribution in [-0.2, 0) is 10.0 Å². The molecule has 168 valence electrons. The number of benzene rings is 3. The molecule has 2 radical (unpaired) electrons. The van der Waals surface area contributed by atoms with E-state index in [-0.39, 0.29) is 11.4 Å². The fraction of sp³-hybridized carbons (Fsp3) is 0.120. The second-order valence-corrected chi connectivity index (χ2v) is 9.78. The van der Waals surface area contributed by atoms with Crippen molar-refractivity contribution in [2.24, 2.45) is 0 Å². The normalized spacial score (nSPS) is 11.8. The Hall–Kier alpha value is -3.69. The number of sulfonamides is 1. The number of aryl methyl sites for hydroxylation is 1. The molecular weight excluding hydrogens is 445 g/mol. The number of nitrogens with one attached hydrogen (secondary N) is 2. The fourth-order valence-corrected chi connectivity index (χ4v) is 4.96. The average Bonchev–Trinajstić information content (AvgIpc) is 3.22. The number of aromatic nitrogens is 3. The summed E-state index contributed by atoms with van der Waals surface area (Å²) in [5, 5.41) is 9.44. The Morgan fingerprint density at radius 2 is 1.71 bits per heavy atom. The molecule has 0 aliphatic rings. The van der Waals surface area contributed by atoms with E-state index in [1.807, 2.05) is 67.6 Å². The van der Waals surface area contributed by atoms with Crippen LogP contribution in [0.3, 0.4) is 0 Å². The Labute approximate surface area is 199 Å². The number of anilines is 1. The maximum absolute atomic E-state index is 12.8. The van der Waals surface area contributed by atoms with Crippen LogP contribution in [0.15, 0.2) is 83.9 Å². The van der Waals surface area contributed by atoms with Gasteiger partial charge in [0.2, 0.25) is 10.0 Å². The van der Waals surface area contributed by atoms with Gasteiger partial charge in [-0.05, 0) is 40.9 Å². The summed E-state index contributed by atoms with van der Waals surface area (Å²) in [6.07, 6.45) is 1.55. The molecular formula is C25H22BN5O2S. The van der Waals surface area contributed by atoms with Crippen molar-refractivity contribution in [1.29, 1.82) is 0 Å². The molecule has 0 saturated heterocycles. The summed E-state index contributed by atoms with van der Waals surface area (Å²) < 4.78 is 29.9. The first-order chi connectivity index (χ1) is 16.4. The molecule has 0 amide bonds. The predicted molar refractivity (Wildman–Crippen MR) is 136 cm³/mol. The van der Waals surface area contributed by atoms with Crippen molar-refractivity contribution in [1.82, 2.24) is 19.3 Å². The van der Waals surface area contributed by atoms with Gasteiger partial charge >= 0.3 is 0 Å². The van der Waals surface area contributed by atoms with Gasteiger partial charge in [-0.15, -0.1) is 0 Å². The van der Waals surface area contributed by atoms with Gasteiger partial charge in [-0.25, -0.2) is 18.1 Å². The van der Waals surface area contributed by atoms with E-state index in [2.05, 4.69) is 20.1 Å². The second kappa shape index (κ2) is 8.93. The van der Waals surface area contributed by atoms with Gasteiger partial charge in [0.1, 0.15) is 13.7 Å². The van der Waals surface area contributed by atoms with Crippen molar-refractivity contribution < 1.29 is 8.42 Å². The lowest BCUT2D eigenvalue weighted by Gasteiger charge is -2.13. The summed E-state index contributed by atoms with van der Waals surface area (Å²) >= 11 is 0. The van der Waals surface area contributed by atoms with Crippen LogP contribution in [0.4, 0.5) is 5.82 Å². The summed E-state index contributed by atoms with van der Waals surface area (Å²) in [5.74, 6) is 0.671. The third-order valence-corrected chi connectivity index (χ3v) is 7.13. The largest absolute Gasteiger partial charge is 0.369 e. The zero-order valence-electron chi connectivity index (χ0n) is 18.6. The number of hydrogen-bond acceptors (Lipinski definition) is 5. The van der Waals surface area contributed by atoms with Gasteiger partial charge in [0, 0.05) is 30.9 Å². The highest BCUT2D eigenvalue weighted by Crippen LogP contribution is 2.24. The zero-order chi connectivity index (χ0) is 23.7. The maximum Gasteiger partial charge on any atom is 0.240 e. The van der Waals surface area contributed by atoms with Crippen molar-refractivity contribution in [2.45, 2.75) is 11.8 Å². The van der Waals surface area contributed by atoms with Crippen LogP contribution >= 0.6 is 0 Å². The van der Waals surface area contributed by atoms with Crippen LogP contribution in [0.2, 0.25) is 0 Å². The maximum atomic E-state index is 12.8. The zero-order valence-corrected chi connectivity index (χ0v) is 19.4. The summed E-state index contributed by atoms with van der Waals surface area (Å²) in [5.41, 5.74) is 3.85. The van der Waals surface area contributed by atoms with Crippen molar-refractivity contribution in [2.75, 3.05) is 18.4 Å². The summed E-state index contributed by atoms with van der Waals surface area (Å²) in [6.45, 7) is 2.56. The van der Waals surface area contributed by atoms with Crippen LogP contribution in [0.1, 0.15) is 5.56 Å². The molecule has 5 rings (SSSR count). The van der Waals surface area contributed by atoms with E-state index in [1.165, 1.54) is 0 Å². The van der Waals surface area contributed by atoms with Crippen LogP contribution in [0, 0.1) is 6.92 Å². The lowest BCUT2D eigenvalue weighted by molar-refractivity contribution is 0.583. The molecule has 7 nitrogen and oxygen atoms in total. The minimum absolute atomic E-state index is 0.190. The highest BCUT2D eigenvalue weighted by atomic mass is 32.2. The Kier molecular flexibility index (Phi) is 5.81. The topological polar surface area (TPSA) is 88.4 Å². The molecule has 2 N–H and O–H groups in total. The van der Waals surface area contributed by atoms with Gasteiger partial charge in [-0.1, -0.05) is 54.6 Å². The minimum atomic E-state index is -3.65. The highest BCUT2D eigenvalue weighted by Gasteiger charge is 2.15. The Morgan fingerprint density at radius 3 is 2.53 bits per heavy atom. The first-order valence-electron chi connectivity index (χ1n) is 10.8. The van der Waals surface area contributed by atoms with E-state index in [0.717, 1.165) is 27.6 Å². The molecule has 0 fully saturated rings. The average molecular weight is 467 g/mol. The quantitative estimate of drug-likeness (QED) is 0.284. The van der Waals surface area contributed by atoms with Gasteiger partial charge in [-0.2, -0.15) is 9.61 Å². The Bertz CT molecular complexity index is 1610. The number of rotatable bonds is 7. The molecule has 34 heavy (non-hydrogen) atoms. The van der Waals surface area contributed by atoms with Crippen molar-refractivity contribution in [3.8, 4) is 11.3 Å². The molecule has 0 saturated carbocycles. The van der Waals surface area contributed by atoms with E-state index in [9.17, 15) is 8.42 Å². The molecule has 0 atom stereocenters. The van der Waals surface area contributed by atoms with E-state index < -0.39 is 10.0 Å². The van der Waals surface area contributed by atoms with Crippen LogP contribution in [0.25, 0.3) is 27.7 Å². The monoisotopic (exact) mass is 467 g/mol. The summed E-state index contributed by atoms with van der Waals surface area (Å²) in [4.78, 5) is 4.92. The van der Waals surface area contributed by atoms with Crippen molar-refractivity contribution >= 4 is 45.6 Å². The SMILES string of the molecule is [B]c1cnn2c(NCCNS(=O)(=O)c3ccc4ccccc4c3)cc(-c3ccccc3C)nc12. The first kappa shape index (κ1) is 22.1. The lowest BCUT2D eigenvalue weighted by atomic mass is 10.00. The smallest absolute Gasteiger partial charge is 0.240 e. The highest BCUT2D eigenvalue weighted by molar-refractivity contribution is 7.89. The first-order valence-corrected chi connectivity index (χ1v) is 12.3. The lowest BCUT2D eigenvalue weighted by Crippen LogP contribution is -2.29. The molecule has 2 heterocycles. The number of hydrogen-bond donors (Lipinski definition) is 2. The van der Waals surface area contributed by atoms with Gasteiger partial charge < -0.3 is 5.32 Å². The third kappa shape index (κ3) is 4.27. The molecule has 0 unspecified atom stereocenters. The number of nitrogens with zero attached hydrogens (tertiary/aromatic N) is 3. The van der Waals surface area contributed by atoms with Gasteiger partial charge in [0.15, 0.2) is 5.65 Å². The molecule has 3 aromatic carbocycles. The van der Waals surface area contributed by atoms with Crippen LogP contribution in [-0.4, -0.2) is 44.0 Å². The number of fused-ring (bicyclic) bond motifs is 2. The van der Waals surface area contributed by atoms with Crippen LogP contribution in [0.5, 0.6) is 0 Å². The van der Waals surface area contributed by atoms with E-state index in [0.29, 0.717) is 23.5 Å². The van der Waals surface area contributed by atoms with E-state index >= 15 is 0 Å². The van der Waals surface area contributed by atoms with Gasteiger partial charge in [0.05, 0.1) is 10.6 Å². The molecule has 0 bridgehead atoms. The second-order valence-electron chi connectivity index (χ2n) is 8.01. The van der Waals surface area contributed by atoms with Crippen LogP contribution < -0.4 is 15.5 Å². The molecule has 0 aliphatic carbocycles. The molecule has 9 heteroatoms. The molecule has 0 aliphatic heterocycles. The summed E-state index contributed by atoms with van der Waals surface area (Å²) in [7, 11) is 2.43. The Morgan fingerprint density at radius 1 is 0.941 bits per heavy atom. The third-order valence-electron chi connectivity index (χ3n) is 5.67. The molecule has 5 aromatic rings. The molecule has 0 spiro atoms. The minimum Gasteiger partial charge on any atom is -0.369 e. The summed E-state index contributed by atoms with van der Waals surface area (Å²) in [6, 6.07) is 22.6. The predicted octanol–water partition coefficient (Wildman–Crippen LogP) is 3.04. The van der Waals surface area contributed by atoms with Gasteiger partial charge in [0.25, 0.3) is 0 Å². The molecule has 2 aromatic heterocycles. The van der Waals surface area contributed by atoms with Crippen molar-refractivity contribution in [3.05, 3.63) is 84.6 Å². The van der Waals surface area contributed by atoms with E-state index in [1.54, 1.807) is 22.8 Å². The van der Waals surface area contributed by atoms with E-state index in [4.69, 9.17) is 7.85 Å². The fourth-order valence-electron chi connectivity index (χ4n) is 3.90. The van der Waals surface area contributed by atoms with Gasteiger partial charge in [-0.3, -0.25) is 0 Å². The standard InChI is InChI=1S/C25H22BN5O2S/c1-17-6-2-5-9-21(17)23-15-24(31-25(30-23)22(26)16-28-31)27-12-13-29-34(32,33)20-11-10-18-7-3-4-8-19(18)14-20/h2-11,14-16,27,29H,12-13H2,1H3.